The lowest BCUT2D eigenvalue weighted by Crippen LogP contribution is -2.10. The van der Waals surface area contributed by atoms with Crippen molar-refractivity contribution in [3.05, 3.63) is 71.8 Å². The summed E-state index contributed by atoms with van der Waals surface area (Å²) in [5, 5.41) is 7.99. The van der Waals surface area contributed by atoms with Crippen LogP contribution in [0.1, 0.15) is 16.4 Å². The Bertz CT molecular complexity index is 1030. The van der Waals surface area contributed by atoms with Crippen molar-refractivity contribution < 1.29 is 27.8 Å². The monoisotopic (exact) mass is 386 g/mol. The number of carboxylic acids is 1. The largest absolute Gasteiger partial charge is 0.497 e. The molecule has 3 rings (SSSR count). The Labute approximate surface area is 157 Å². The average Bonchev–Trinajstić information content (AvgIpc) is 3.05. The van der Waals surface area contributed by atoms with E-state index in [1.54, 1.807) is 36.4 Å². The standard InChI is InChI=1S/C20H18O6S/c1-25-14-4-7-16(8-5-14)27(23,24)19-11-13(3-10-20(21)22)18-12-15(26-2)6-9-17(18)19/h3-12,19H,1-2H3,(H,21,22)/b10-3+. The smallest absolute Gasteiger partial charge is 0.328 e. The third-order valence-corrected chi connectivity index (χ3v) is 6.32. The minimum Gasteiger partial charge on any atom is -0.497 e. The Hall–Kier alpha value is -3.06. The molecule has 0 bridgehead atoms. The van der Waals surface area contributed by atoms with Gasteiger partial charge in [-0.15, -0.1) is 0 Å². The van der Waals surface area contributed by atoms with Crippen molar-refractivity contribution in [3.63, 3.8) is 0 Å². The lowest BCUT2D eigenvalue weighted by molar-refractivity contribution is -0.131. The van der Waals surface area contributed by atoms with Gasteiger partial charge in [0.15, 0.2) is 9.84 Å². The molecule has 0 aliphatic heterocycles. The van der Waals surface area contributed by atoms with Gasteiger partial charge in [-0.25, -0.2) is 13.2 Å². The quantitative estimate of drug-likeness (QED) is 0.767. The van der Waals surface area contributed by atoms with Crippen LogP contribution in [0.3, 0.4) is 0 Å². The predicted molar refractivity (Wildman–Crippen MR) is 101 cm³/mol. The first-order chi connectivity index (χ1) is 12.9. The Balaban J connectivity index is 2.10. The maximum Gasteiger partial charge on any atom is 0.328 e. The number of allylic oxidation sites excluding steroid dienone is 2. The average molecular weight is 386 g/mol. The summed E-state index contributed by atoms with van der Waals surface area (Å²) < 4.78 is 36.6. The summed E-state index contributed by atoms with van der Waals surface area (Å²) in [6.45, 7) is 0. The number of benzene rings is 2. The van der Waals surface area contributed by atoms with Gasteiger partial charge in [0.05, 0.1) is 19.1 Å². The molecule has 0 radical (unpaired) electrons. The van der Waals surface area contributed by atoms with Crippen molar-refractivity contribution in [2.24, 2.45) is 0 Å². The fraction of sp³-hybridized carbons (Fsp3) is 0.150. The van der Waals surface area contributed by atoms with Crippen molar-refractivity contribution in [1.82, 2.24) is 0 Å². The van der Waals surface area contributed by atoms with E-state index in [2.05, 4.69) is 0 Å². The number of ether oxygens (including phenoxy) is 2. The highest BCUT2D eigenvalue weighted by Crippen LogP contribution is 2.43. The third-order valence-electron chi connectivity index (χ3n) is 4.34. The summed E-state index contributed by atoms with van der Waals surface area (Å²) in [7, 11) is -0.702. The first-order valence-corrected chi connectivity index (χ1v) is 9.60. The topological polar surface area (TPSA) is 89.9 Å². The van der Waals surface area contributed by atoms with Crippen LogP contribution >= 0.6 is 0 Å². The lowest BCUT2D eigenvalue weighted by atomic mass is 10.0. The van der Waals surface area contributed by atoms with Crippen LogP contribution in [0.2, 0.25) is 0 Å². The molecule has 27 heavy (non-hydrogen) atoms. The van der Waals surface area contributed by atoms with Crippen LogP contribution in [-0.2, 0) is 14.6 Å². The fourth-order valence-electron chi connectivity index (χ4n) is 2.98. The molecule has 0 saturated carbocycles. The summed E-state index contributed by atoms with van der Waals surface area (Å²) in [4.78, 5) is 11.0. The van der Waals surface area contributed by atoms with Crippen LogP contribution in [-0.4, -0.2) is 33.7 Å². The first kappa shape index (κ1) is 18.7. The zero-order chi connectivity index (χ0) is 19.6. The lowest BCUT2D eigenvalue weighted by Gasteiger charge is -2.13. The van der Waals surface area contributed by atoms with Crippen molar-refractivity contribution >= 4 is 21.4 Å². The number of hydrogen-bond acceptors (Lipinski definition) is 5. The van der Waals surface area contributed by atoms with E-state index in [-0.39, 0.29) is 4.90 Å². The molecule has 6 nitrogen and oxygen atoms in total. The Kier molecular flexibility index (Phi) is 5.05. The van der Waals surface area contributed by atoms with E-state index in [9.17, 15) is 13.2 Å². The SMILES string of the molecule is COc1ccc(S(=O)(=O)C2C=C(/C=C/C(=O)O)c3cc(OC)ccc32)cc1. The summed E-state index contributed by atoms with van der Waals surface area (Å²) in [5.41, 5.74) is 1.74. The molecular weight excluding hydrogens is 368 g/mol. The molecule has 0 saturated heterocycles. The molecule has 0 heterocycles. The highest BCUT2D eigenvalue weighted by Gasteiger charge is 2.34. The zero-order valence-electron chi connectivity index (χ0n) is 14.7. The Morgan fingerprint density at radius 1 is 1.04 bits per heavy atom. The van der Waals surface area contributed by atoms with Crippen molar-refractivity contribution in [3.8, 4) is 11.5 Å². The molecule has 140 valence electrons. The maximum absolute atomic E-state index is 13.2. The van der Waals surface area contributed by atoms with Crippen LogP contribution in [0.25, 0.3) is 5.57 Å². The molecule has 0 spiro atoms. The van der Waals surface area contributed by atoms with Gasteiger partial charge in [0, 0.05) is 6.08 Å². The second kappa shape index (κ2) is 7.28. The molecule has 2 aromatic rings. The van der Waals surface area contributed by atoms with E-state index >= 15 is 0 Å². The minimum atomic E-state index is -3.72. The van der Waals surface area contributed by atoms with Gasteiger partial charge >= 0.3 is 5.97 Å². The number of aliphatic carboxylic acids is 1. The van der Waals surface area contributed by atoms with Crippen LogP contribution < -0.4 is 9.47 Å². The fourth-order valence-corrected chi connectivity index (χ4v) is 4.65. The second-order valence-corrected chi connectivity index (χ2v) is 7.96. The molecule has 0 amide bonds. The van der Waals surface area contributed by atoms with Crippen molar-refractivity contribution in [2.45, 2.75) is 10.1 Å². The summed E-state index contributed by atoms with van der Waals surface area (Å²) >= 11 is 0. The maximum atomic E-state index is 13.2. The molecule has 1 aliphatic rings. The summed E-state index contributed by atoms with van der Waals surface area (Å²) in [6.07, 6.45) is 3.94. The van der Waals surface area contributed by atoms with Crippen LogP contribution in [0, 0.1) is 0 Å². The second-order valence-electron chi connectivity index (χ2n) is 5.89. The number of fused-ring (bicyclic) bond motifs is 1. The number of carbonyl (C=O) groups is 1. The number of carboxylic acid groups (broad SMARTS) is 1. The molecule has 1 unspecified atom stereocenters. The normalized spacial score (nSPS) is 16.1. The van der Waals surface area contributed by atoms with E-state index in [1.165, 1.54) is 32.4 Å². The number of rotatable bonds is 6. The van der Waals surface area contributed by atoms with E-state index < -0.39 is 21.1 Å². The van der Waals surface area contributed by atoms with Gasteiger partial charge in [0.2, 0.25) is 0 Å². The third kappa shape index (κ3) is 3.59. The van der Waals surface area contributed by atoms with Gasteiger partial charge < -0.3 is 14.6 Å². The predicted octanol–water partition coefficient (Wildman–Crippen LogP) is 3.26. The molecule has 0 aromatic heterocycles. The molecule has 1 atom stereocenters. The van der Waals surface area contributed by atoms with E-state index in [4.69, 9.17) is 14.6 Å². The van der Waals surface area contributed by atoms with Gasteiger partial charge in [-0.1, -0.05) is 12.1 Å². The number of hydrogen-bond donors (Lipinski definition) is 1. The van der Waals surface area contributed by atoms with Gasteiger partial charge in [0.25, 0.3) is 0 Å². The number of methoxy groups -OCH3 is 2. The molecule has 0 fully saturated rings. The summed E-state index contributed by atoms with van der Waals surface area (Å²) in [5.74, 6) is 0.0128. The van der Waals surface area contributed by atoms with E-state index in [0.717, 1.165) is 6.08 Å². The Morgan fingerprint density at radius 3 is 2.26 bits per heavy atom. The van der Waals surface area contributed by atoms with Crippen LogP contribution in [0.15, 0.2) is 65.6 Å². The number of sulfone groups is 1. The summed E-state index contributed by atoms with van der Waals surface area (Å²) in [6, 6.07) is 11.3. The molecule has 7 heteroatoms. The molecule has 2 aromatic carbocycles. The minimum absolute atomic E-state index is 0.162. The van der Waals surface area contributed by atoms with Crippen LogP contribution in [0.5, 0.6) is 11.5 Å². The highest BCUT2D eigenvalue weighted by atomic mass is 32.2. The van der Waals surface area contributed by atoms with Gasteiger partial charge in [-0.2, -0.15) is 0 Å². The molecular formula is C20H18O6S. The molecule has 1 N–H and O–H groups in total. The zero-order valence-corrected chi connectivity index (χ0v) is 15.6. The highest BCUT2D eigenvalue weighted by molar-refractivity contribution is 7.91. The van der Waals surface area contributed by atoms with Gasteiger partial charge in [-0.05, 0) is 59.2 Å². The van der Waals surface area contributed by atoms with Crippen molar-refractivity contribution in [1.29, 1.82) is 0 Å². The van der Waals surface area contributed by atoms with Gasteiger partial charge in [0.1, 0.15) is 16.7 Å². The van der Waals surface area contributed by atoms with E-state index in [0.29, 0.717) is 28.2 Å². The van der Waals surface area contributed by atoms with E-state index in [1.807, 2.05) is 0 Å². The van der Waals surface area contributed by atoms with Gasteiger partial charge in [-0.3, -0.25) is 0 Å². The van der Waals surface area contributed by atoms with Crippen molar-refractivity contribution in [2.75, 3.05) is 14.2 Å². The first-order valence-electron chi connectivity index (χ1n) is 8.06. The molecule has 1 aliphatic carbocycles. The van der Waals surface area contributed by atoms with Crippen LogP contribution in [0.4, 0.5) is 0 Å². The Morgan fingerprint density at radius 2 is 1.67 bits per heavy atom.